The molecule has 3 rings (SSSR count). The minimum atomic E-state index is -3.67. The molecule has 3 aromatic rings. The highest BCUT2D eigenvalue weighted by molar-refractivity contribution is 7.89. The van der Waals surface area contributed by atoms with Crippen molar-refractivity contribution in [3.63, 3.8) is 0 Å². The molecule has 1 amide bonds. The molecule has 1 N–H and O–H groups in total. The SMILES string of the molecule is CN(Cc1ccc(F)cc1)C(=O)/C=C/c1ccc(S(=O)(=O)NCc2ccco2)cc1. The Morgan fingerprint density at radius 1 is 1.10 bits per heavy atom. The van der Waals surface area contributed by atoms with E-state index in [1.807, 2.05) is 0 Å². The molecule has 0 saturated heterocycles. The topological polar surface area (TPSA) is 79.6 Å². The van der Waals surface area contributed by atoms with Crippen LogP contribution in [0.4, 0.5) is 4.39 Å². The first-order valence-corrected chi connectivity index (χ1v) is 10.6. The molecule has 30 heavy (non-hydrogen) atoms. The minimum absolute atomic E-state index is 0.0614. The standard InChI is InChI=1S/C22H21FN2O4S/c1-25(16-18-4-9-19(23)10-5-18)22(26)13-8-17-6-11-21(12-7-17)30(27,28)24-15-20-3-2-14-29-20/h2-14,24H,15-16H2,1H3/b13-8+. The number of likely N-dealkylation sites (N-methyl/N-ethyl adjacent to an activating group) is 1. The minimum Gasteiger partial charge on any atom is -0.468 e. The molecular formula is C22H21FN2O4S. The summed E-state index contributed by atoms with van der Waals surface area (Å²) < 4.78 is 45.2. The zero-order valence-electron chi connectivity index (χ0n) is 16.3. The van der Waals surface area contributed by atoms with Gasteiger partial charge in [-0.2, -0.15) is 0 Å². The molecule has 1 heterocycles. The first-order valence-electron chi connectivity index (χ1n) is 9.13. The molecule has 0 saturated carbocycles. The van der Waals surface area contributed by atoms with E-state index in [9.17, 15) is 17.6 Å². The highest BCUT2D eigenvalue weighted by Gasteiger charge is 2.14. The Hall–Kier alpha value is -3.23. The molecule has 0 aliphatic carbocycles. The van der Waals surface area contributed by atoms with Gasteiger partial charge in [0.25, 0.3) is 0 Å². The molecule has 156 valence electrons. The Labute approximate surface area is 174 Å². The number of hydrogen-bond donors (Lipinski definition) is 1. The number of benzene rings is 2. The summed E-state index contributed by atoms with van der Waals surface area (Å²) in [5.41, 5.74) is 1.50. The fourth-order valence-corrected chi connectivity index (χ4v) is 3.65. The Morgan fingerprint density at radius 2 is 1.80 bits per heavy atom. The highest BCUT2D eigenvalue weighted by atomic mass is 32.2. The van der Waals surface area contributed by atoms with Crippen molar-refractivity contribution in [2.75, 3.05) is 7.05 Å². The highest BCUT2D eigenvalue weighted by Crippen LogP contribution is 2.13. The van der Waals surface area contributed by atoms with E-state index in [1.54, 1.807) is 49.5 Å². The second kappa shape index (κ2) is 9.51. The number of nitrogens with zero attached hydrogens (tertiary/aromatic N) is 1. The molecule has 0 atom stereocenters. The average molecular weight is 428 g/mol. The lowest BCUT2D eigenvalue weighted by atomic mass is 10.2. The van der Waals surface area contributed by atoms with Gasteiger partial charge in [0.2, 0.25) is 15.9 Å². The lowest BCUT2D eigenvalue weighted by Gasteiger charge is -2.15. The molecule has 0 spiro atoms. The number of rotatable bonds is 8. The third-order valence-corrected chi connectivity index (χ3v) is 5.75. The van der Waals surface area contributed by atoms with Crippen LogP contribution < -0.4 is 4.72 Å². The molecule has 0 fully saturated rings. The smallest absolute Gasteiger partial charge is 0.246 e. The van der Waals surface area contributed by atoms with Crippen LogP contribution in [0.25, 0.3) is 6.08 Å². The number of sulfonamides is 1. The monoisotopic (exact) mass is 428 g/mol. The van der Waals surface area contributed by atoms with Gasteiger partial charge in [0, 0.05) is 19.7 Å². The zero-order valence-corrected chi connectivity index (χ0v) is 17.1. The fourth-order valence-electron chi connectivity index (χ4n) is 2.66. The van der Waals surface area contributed by atoms with E-state index in [4.69, 9.17) is 4.42 Å². The fraction of sp³-hybridized carbons (Fsp3) is 0.136. The Balaban J connectivity index is 1.58. The van der Waals surface area contributed by atoms with Crippen molar-refractivity contribution in [1.82, 2.24) is 9.62 Å². The van der Waals surface area contributed by atoms with Crippen molar-refractivity contribution in [1.29, 1.82) is 0 Å². The van der Waals surface area contributed by atoms with Crippen LogP contribution in [0.2, 0.25) is 0 Å². The Morgan fingerprint density at radius 3 is 2.43 bits per heavy atom. The van der Waals surface area contributed by atoms with Crippen LogP contribution in [0, 0.1) is 5.82 Å². The van der Waals surface area contributed by atoms with Crippen LogP contribution in [0.15, 0.2) is 82.3 Å². The maximum absolute atomic E-state index is 13.0. The summed E-state index contributed by atoms with van der Waals surface area (Å²) in [4.78, 5) is 13.9. The molecule has 2 aromatic carbocycles. The van der Waals surface area contributed by atoms with Gasteiger partial charge in [-0.3, -0.25) is 4.79 Å². The van der Waals surface area contributed by atoms with Gasteiger partial charge in [-0.15, -0.1) is 0 Å². The van der Waals surface area contributed by atoms with Gasteiger partial charge in [0.05, 0.1) is 17.7 Å². The average Bonchev–Trinajstić information content (AvgIpc) is 3.26. The second-order valence-electron chi connectivity index (χ2n) is 6.63. The van der Waals surface area contributed by atoms with Gasteiger partial charge in [-0.25, -0.2) is 17.5 Å². The van der Waals surface area contributed by atoms with Crippen LogP contribution in [0.1, 0.15) is 16.9 Å². The molecule has 0 aliphatic rings. The number of carbonyl (C=O) groups excluding carboxylic acids is 1. The number of nitrogens with one attached hydrogen (secondary N) is 1. The van der Waals surface area contributed by atoms with E-state index in [1.165, 1.54) is 41.5 Å². The maximum Gasteiger partial charge on any atom is 0.246 e. The van der Waals surface area contributed by atoms with Crippen LogP contribution in [-0.4, -0.2) is 26.3 Å². The number of furan rings is 1. The number of halogens is 1. The van der Waals surface area contributed by atoms with Gasteiger partial charge in [0.1, 0.15) is 11.6 Å². The van der Waals surface area contributed by atoms with Crippen molar-refractivity contribution >= 4 is 22.0 Å². The van der Waals surface area contributed by atoms with E-state index in [0.717, 1.165) is 5.56 Å². The number of hydrogen-bond acceptors (Lipinski definition) is 4. The quantitative estimate of drug-likeness (QED) is 0.557. The summed E-state index contributed by atoms with van der Waals surface area (Å²) >= 11 is 0. The van der Waals surface area contributed by atoms with Gasteiger partial charge >= 0.3 is 0 Å². The normalized spacial score (nSPS) is 11.7. The summed E-state index contributed by atoms with van der Waals surface area (Å²) in [6, 6.07) is 15.5. The summed E-state index contributed by atoms with van der Waals surface area (Å²) in [6.45, 7) is 0.411. The van der Waals surface area contributed by atoms with E-state index in [0.29, 0.717) is 17.9 Å². The van der Waals surface area contributed by atoms with E-state index >= 15 is 0 Å². The van der Waals surface area contributed by atoms with Crippen LogP contribution in [-0.2, 0) is 27.9 Å². The van der Waals surface area contributed by atoms with Crippen molar-refractivity contribution in [2.45, 2.75) is 18.0 Å². The van der Waals surface area contributed by atoms with Crippen molar-refractivity contribution in [3.05, 3.63) is 95.7 Å². The first-order chi connectivity index (χ1) is 14.3. The maximum atomic E-state index is 13.0. The zero-order chi connectivity index (χ0) is 21.6. The molecule has 0 bridgehead atoms. The summed E-state index contributed by atoms with van der Waals surface area (Å²) in [5.74, 6) is -0.0354. The van der Waals surface area contributed by atoms with Crippen molar-refractivity contribution in [2.24, 2.45) is 0 Å². The van der Waals surface area contributed by atoms with Gasteiger partial charge < -0.3 is 9.32 Å². The van der Waals surface area contributed by atoms with E-state index in [2.05, 4.69) is 4.72 Å². The lowest BCUT2D eigenvalue weighted by Crippen LogP contribution is -2.24. The van der Waals surface area contributed by atoms with Crippen LogP contribution >= 0.6 is 0 Å². The Kier molecular flexibility index (Phi) is 6.81. The molecule has 0 radical (unpaired) electrons. The Bertz CT molecular complexity index is 1110. The predicted molar refractivity (Wildman–Crippen MR) is 111 cm³/mol. The lowest BCUT2D eigenvalue weighted by molar-refractivity contribution is -0.125. The summed E-state index contributed by atoms with van der Waals surface area (Å²) in [6.07, 6.45) is 4.49. The third kappa shape index (κ3) is 5.88. The largest absolute Gasteiger partial charge is 0.468 e. The molecular weight excluding hydrogens is 407 g/mol. The van der Waals surface area contributed by atoms with E-state index < -0.39 is 10.0 Å². The first kappa shape index (κ1) is 21.5. The van der Waals surface area contributed by atoms with Gasteiger partial charge in [-0.1, -0.05) is 24.3 Å². The van der Waals surface area contributed by atoms with Crippen molar-refractivity contribution < 1.29 is 22.0 Å². The number of carbonyl (C=O) groups is 1. The van der Waals surface area contributed by atoms with Gasteiger partial charge in [-0.05, 0) is 53.6 Å². The molecule has 0 aliphatic heterocycles. The number of amides is 1. The molecule has 0 unspecified atom stereocenters. The predicted octanol–water partition coefficient (Wildman–Crippen LogP) is 3.57. The van der Waals surface area contributed by atoms with E-state index in [-0.39, 0.29) is 23.2 Å². The van der Waals surface area contributed by atoms with Crippen LogP contribution in [0.3, 0.4) is 0 Å². The summed E-state index contributed by atoms with van der Waals surface area (Å²) in [5, 5.41) is 0. The summed E-state index contributed by atoms with van der Waals surface area (Å²) in [7, 11) is -2.02. The molecule has 8 heteroatoms. The molecule has 6 nitrogen and oxygen atoms in total. The van der Waals surface area contributed by atoms with Gasteiger partial charge in [0.15, 0.2) is 0 Å². The van der Waals surface area contributed by atoms with Crippen molar-refractivity contribution in [3.8, 4) is 0 Å². The van der Waals surface area contributed by atoms with Crippen LogP contribution in [0.5, 0.6) is 0 Å². The third-order valence-electron chi connectivity index (χ3n) is 4.33. The second-order valence-corrected chi connectivity index (χ2v) is 8.39. The molecule has 1 aromatic heterocycles.